The van der Waals surface area contributed by atoms with Crippen LogP contribution in [0.4, 0.5) is 0 Å². The maximum Gasteiger partial charge on any atom is 0.355 e. The number of nitrogens with zero attached hydrogens (tertiary/aromatic N) is 1. The maximum atomic E-state index is 11.6. The van der Waals surface area contributed by atoms with Gasteiger partial charge in [0, 0.05) is 42.3 Å². The molecule has 0 saturated heterocycles. The van der Waals surface area contributed by atoms with Crippen LogP contribution in [-0.4, -0.2) is 47.6 Å². The van der Waals surface area contributed by atoms with E-state index < -0.39 is 5.97 Å². The van der Waals surface area contributed by atoms with Crippen LogP contribution < -0.4 is 11.1 Å². The molecular formula is C25H36N4O3. The van der Waals surface area contributed by atoms with Crippen LogP contribution in [0, 0.1) is 21.7 Å². The number of carboxylic acids is 1. The molecule has 4 saturated carbocycles. The van der Waals surface area contributed by atoms with Crippen molar-refractivity contribution in [2.45, 2.75) is 64.9 Å². The predicted octanol–water partition coefficient (Wildman–Crippen LogP) is 3.84. The lowest BCUT2D eigenvalue weighted by molar-refractivity contribution is -0.242. The van der Waals surface area contributed by atoms with Gasteiger partial charge < -0.3 is 26.3 Å². The molecule has 7 nitrogen and oxygen atoms in total. The smallest absolute Gasteiger partial charge is 0.355 e. The second-order valence-corrected chi connectivity index (χ2v) is 11.2. The Morgan fingerprint density at radius 1 is 1.25 bits per heavy atom. The summed E-state index contributed by atoms with van der Waals surface area (Å²) in [7, 11) is 0. The van der Waals surface area contributed by atoms with Gasteiger partial charge in [-0.15, -0.1) is 0 Å². The van der Waals surface area contributed by atoms with Crippen LogP contribution in [0.3, 0.4) is 0 Å². The second kappa shape index (κ2) is 7.96. The van der Waals surface area contributed by atoms with Crippen molar-refractivity contribution in [3.8, 4) is 0 Å². The Kier molecular flexibility index (Phi) is 5.70. The first kappa shape index (κ1) is 22.9. The van der Waals surface area contributed by atoms with Crippen molar-refractivity contribution >= 4 is 17.8 Å². The first-order chi connectivity index (χ1) is 15.1. The highest BCUT2D eigenvalue weighted by atomic mass is 16.5. The number of allylic oxidation sites excluding steroid dienone is 2. The molecule has 4 aliphatic rings. The molecule has 0 radical (unpaired) electrons. The minimum atomic E-state index is -1.09. The summed E-state index contributed by atoms with van der Waals surface area (Å²) in [6.07, 6.45) is 9.50. The molecule has 2 unspecified atom stereocenters. The van der Waals surface area contributed by atoms with Gasteiger partial charge in [-0.2, -0.15) is 0 Å². The number of rotatable bonds is 9. The molecule has 4 fully saturated rings. The molecule has 1 heterocycles. The topological polar surface area (TPSA) is 121 Å². The summed E-state index contributed by atoms with van der Waals surface area (Å²) in [5.41, 5.74) is 8.13. The molecule has 0 spiro atoms. The summed E-state index contributed by atoms with van der Waals surface area (Å²) < 4.78 is 6.46. The number of carboxylic acid groups (broad SMARTS) is 1. The molecule has 1 aromatic heterocycles. The third kappa shape index (κ3) is 4.08. The normalized spacial score (nSPS) is 36.0. The molecule has 7 heteroatoms. The number of hydrogen-bond acceptors (Lipinski definition) is 6. The van der Waals surface area contributed by atoms with Gasteiger partial charge in [0.25, 0.3) is 0 Å². The molecule has 1 aromatic rings. The van der Waals surface area contributed by atoms with E-state index in [9.17, 15) is 9.90 Å². The van der Waals surface area contributed by atoms with Crippen molar-refractivity contribution < 1.29 is 14.6 Å². The zero-order valence-electron chi connectivity index (χ0n) is 19.5. The number of pyridine rings is 1. The number of hydrogen-bond donors (Lipinski definition) is 4. The summed E-state index contributed by atoms with van der Waals surface area (Å²) in [6, 6.07) is 3.42. The van der Waals surface area contributed by atoms with E-state index in [-0.39, 0.29) is 27.5 Å². The molecular weight excluding hydrogens is 404 g/mol. The Morgan fingerprint density at radius 3 is 2.53 bits per heavy atom. The van der Waals surface area contributed by atoms with E-state index in [2.05, 4.69) is 24.1 Å². The Bertz CT molecular complexity index is 938. The largest absolute Gasteiger partial charge is 0.476 e. The first-order valence-corrected chi connectivity index (χ1v) is 11.5. The lowest BCUT2D eigenvalue weighted by Gasteiger charge is -2.69. The van der Waals surface area contributed by atoms with Gasteiger partial charge in [-0.25, -0.2) is 9.78 Å². The fourth-order valence-corrected chi connectivity index (χ4v) is 8.04. The molecule has 4 bridgehead atoms. The van der Waals surface area contributed by atoms with Gasteiger partial charge in [0.15, 0.2) is 5.69 Å². The van der Waals surface area contributed by atoms with E-state index in [0.717, 1.165) is 44.3 Å². The minimum absolute atomic E-state index is 0.0314. The van der Waals surface area contributed by atoms with Gasteiger partial charge in [0.05, 0.1) is 12.2 Å². The van der Waals surface area contributed by atoms with Gasteiger partial charge in [-0.05, 0) is 67.8 Å². The minimum Gasteiger partial charge on any atom is -0.476 e. The highest BCUT2D eigenvalue weighted by Crippen LogP contribution is 2.71. The zero-order valence-corrected chi connectivity index (χ0v) is 19.5. The summed E-state index contributed by atoms with van der Waals surface area (Å²) in [4.78, 5) is 15.6. The third-order valence-electron chi connectivity index (χ3n) is 7.76. The number of nitrogens with one attached hydrogen (secondary N) is 2. The van der Waals surface area contributed by atoms with E-state index in [0.29, 0.717) is 24.3 Å². The van der Waals surface area contributed by atoms with Crippen LogP contribution in [0.1, 0.15) is 75.3 Å². The van der Waals surface area contributed by atoms with Crippen LogP contribution in [-0.2, 0) is 4.74 Å². The van der Waals surface area contributed by atoms with Gasteiger partial charge in [-0.1, -0.05) is 19.9 Å². The monoisotopic (exact) mass is 440 g/mol. The molecule has 4 aliphatic carbocycles. The quantitative estimate of drug-likeness (QED) is 0.433. The molecule has 5 rings (SSSR count). The predicted molar refractivity (Wildman–Crippen MR) is 125 cm³/mol. The van der Waals surface area contributed by atoms with Crippen molar-refractivity contribution in [1.82, 2.24) is 10.3 Å². The van der Waals surface area contributed by atoms with E-state index in [1.165, 1.54) is 18.8 Å². The molecule has 32 heavy (non-hydrogen) atoms. The summed E-state index contributed by atoms with van der Waals surface area (Å²) in [5, 5.41) is 21.1. The lowest BCUT2D eigenvalue weighted by Crippen LogP contribution is -2.65. The van der Waals surface area contributed by atoms with Gasteiger partial charge in [0.1, 0.15) is 0 Å². The zero-order chi connectivity index (χ0) is 23.2. The molecule has 2 atom stereocenters. The average molecular weight is 441 g/mol. The summed E-state index contributed by atoms with van der Waals surface area (Å²) in [6.45, 7) is 8.69. The Morgan fingerprint density at radius 2 is 1.94 bits per heavy atom. The van der Waals surface area contributed by atoms with Crippen molar-refractivity contribution in [2.75, 3.05) is 19.7 Å². The van der Waals surface area contributed by atoms with E-state index in [1.54, 1.807) is 12.1 Å². The van der Waals surface area contributed by atoms with Crippen molar-refractivity contribution in [3.63, 3.8) is 0 Å². The summed E-state index contributed by atoms with van der Waals surface area (Å²) >= 11 is 0. The second-order valence-electron chi connectivity index (χ2n) is 11.2. The van der Waals surface area contributed by atoms with Crippen LogP contribution in [0.25, 0.3) is 5.57 Å². The summed E-state index contributed by atoms with van der Waals surface area (Å²) in [5.74, 6) is -1.09. The third-order valence-corrected chi connectivity index (χ3v) is 7.76. The Labute approximate surface area is 190 Å². The van der Waals surface area contributed by atoms with Crippen molar-refractivity contribution in [3.05, 3.63) is 35.3 Å². The molecule has 5 N–H and O–H groups in total. The highest BCUT2D eigenvalue weighted by molar-refractivity contribution is 6.12. The van der Waals surface area contributed by atoms with Gasteiger partial charge in [0.2, 0.25) is 0 Å². The first-order valence-electron chi connectivity index (χ1n) is 11.5. The molecule has 0 amide bonds. The average Bonchev–Trinajstić information content (AvgIpc) is 2.69. The SMILES string of the molecule is C/C(NCC12CC3(C)CC(C)(C1)CC(OCCN)(C3)C2)=C(/C=N)c1cccnc1C(=O)O. The van der Waals surface area contributed by atoms with Crippen molar-refractivity contribution in [1.29, 1.82) is 5.41 Å². The molecule has 0 aromatic carbocycles. The Hall–Kier alpha value is -2.25. The number of nitrogens with two attached hydrogens (primary N) is 1. The lowest BCUT2D eigenvalue weighted by atomic mass is 9.39. The van der Waals surface area contributed by atoms with E-state index in [1.807, 2.05) is 6.92 Å². The molecule has 174 valence electrons. The maximum absolute atomic E-state index is 11.6. The number of aromatic carboxylic acids is 1. The van der Waals surface area contributed by atoms with Gasteiger partial charge in [-0.3, -0.25) is 0 Å². The number of carbonyl (C=O) groups is 1. The van der Waals surface area contributed by atoms with Crippen LogP contribution in [0.2, 0.25) is 0 Å². The fraction of sp³-hybridized carbons (Fsp3) is 0.640. The van der Waals surface area contributed by atoms with Crippen molar-refractivity contribution in [2.24, 2.45) is 22.0 Å². The standard InChI is InChI=1S/C25H36N4O3/c1-17(19(9-27)18-5-4-7-28-20(18)21(30)31)29-16-24-11-22(2)10-23(3,12-24)14-25(13-22,15-24)32-8-6-26/h4-5,7,9,27,29H,6,8,10-16,26H2,1-3H3,(H,30,31)/b19-17+,27-9?. The highest BCUT2D eigenvalue weighted by Gasteiger charge is 2.65. The fourth-order valence-electron chi connectivity index (χ4n) is 8.04. The van der Waals surface area contributed by atoms with Crippen LogP contribution >= 0.6 is 0 Å². The number of aromatic nitrogens is 1. The van der Waals surface area contributed by atoms with Gasteiger partial charge >= 0.3 is 5.97 Å². The number of ether oxygens (including phenoxy) is 1. The van der Waals surface area contributed by atoms with E-state index in [4.69, 9.17) is 15.9 Å². The van der Waals surface area contributed by atoms with Crippen LogP contribution in [0.5, 0.6) is 0 Å². The molecule has 0 aliphatic heterocycles. The van der Waals surface area contributed by atoms with Crippen LogP contribution in [0.15, 0.2) is 24.0 Å². The Balaban J connectivity index is 1.61. The van der Waals surface area contributed by atoms with E-state index >= 15 is 0 Å².